The maximum atomic E-state index is 15.0. The predicted octanol–water partition coefficient (Wildman–Crippen LogP) is 11.5. The molecule has 0 aliphatic carbocycles. The number of nitrogens with one attached hydrogen (secondary N) is 1. The Bertz CT molecular complexity index is 6480. The number of ether oxygens (including phenoxy) is 7. The van der Waals surface area contributed by atoms with Gasteiger partial charge in [-0.25, -0.2) is 29.9 Å². The summed E-state index contributed by atoms with van der Waals surface area (Å²) in [7, 11) is -0.372. The van der Waals surface area contributed by atoms with Crippen LogP contribution >= 0.6 is 31.9 Å². The van der Waals surface area contributed by atoms with Crippen LogP contribution in [0.15, 0.2) is 309 Å². The molecule has 4 fully saturated rings. The molecule has 7 aliphatic heterocycles. The van der Waals surface area contributed by atoms with Crippen LogP contribution in [0.2, 0.25) is 0 Å². The quantitative estimate of drug-likeness (QED) is 0.0217. The van der Waals surface area contributed by atoms with Crippen molar-refractivity contribution in [2.45, 2.75) is 85.0 Å². The maximum absolute atomic E-state index is 15.0. The molecule has 0 saturated carbocycles. The number of hydrogen-bond donors (Lipinski definition) is 1. The number of H-pyrrole nitrogens is 1. The molecule has 0 radical (unpaired) electrons. The smallest absolute Gasteiger partial charge is 1.00 e. The van der Waals surface area contributed by atoms with Crippen molar-refractivity contribution >= 4 is 85.5 Å². The average molecular weight is 2260 g/mol. The second-order valence-electron chi connectivity index (χ2n) is 33.4. The summed E-state index contributed by atoms with van der Waals surface area (Å²) >= 11 is 6.28. The van der Waals surface area contributed by atoms with Crippen molar-refractivity contribution < 1.29 is 210 Å². The Morgan fingerprint density at radius 3 is 1.09 bits per heavy atom. The Hall–Kier alpha value is -9.85. The Kier molecular flexibility index (Phi) is 39.3. The van der Waals surface area contributed by atoms with Crippen LogP contribution < -0.4 is 188 Å². The fourth-order valence-electron chi connectivity index (χ4n) is 16.0. The number of hydrogen-bond acceptors (Lipinski definition) is 25. The van der Waals surface area contributed by atoms with E-state index in [4.69, 9.17) is 67.5 Å². The molecule has 7 aliphatic rings. The number of rotatable bonds is 22. The van der Waals surface area contributed by atoms with E-state index in [9.17, 15) is 9.18 Å². The summed E-state index contributed by atoms with van der Waals surface area (Å²) in [5.74, 6) is 3.05. The maximum Gasteiger partial charge on any atom is 1.00 e. The van der Waals surface area contributed by atoms with Crippen molar-refractivity contribution in [1.82, 2.24) is 34.9 Å². The molecular weight excluding hydrogens is 2160 g/mol. The molecule has 140 heavy (non-hydrogen) atoms. The first-order chi connectivity index (χ1) is 67.3. The predicted molar refractivity (Wildman–Crippen MR) is 529 cm³/mol. The van der Waals surface area contributed by atoms with E-state index >= 15 is 8.78 Å². The largest absolute Gasteiger partial charge is 1.00 e. The van der Waals surface area contributed by atoms with Crippen molar-refractivity contribution in [2.24, 2.45) is 15.0 Å². The molecule has 7 aromatic carbocycles. The normalized spacial score (nSPS) is 14.9. The second kappa shape index (κ2) is 51.9. The third-order valence-corrected chi connectivity index (χ3v) is 25.4. The van der Waals surface area contributed by atoms with E-state index in [1.165, 1.54) is 24.2 Å². The number of nitrogens with zero attached hydrogens (tertiary/aromatic N) is 12. The minimum Gasteiger partial charge on any atom is -1.00 e. The number of carbonyl (C=O) groups excluding carboxylic acids is 1. The second-order valence-corrected chi connectivity index (χ2v) is 35.0. The molecule has 0 amide bonds. The fourth-order valence-corrected chi connectivity index (χ4v) is 16.7. The Balaban J connectivity index is 0.000000151. The van der Waals surface area contributed by atoms with E-state index in [2.05, 4.69) is 150 Å². The van der Waals surface area contributed by atoms with E-state index in [-0.39, 0.29) is 174 Å². The minimum absolute atomic E-state index is 0. The molecule has 14 aromatic rings. The van der Waals surface area contributed by atoms with Crippen LogP contribution in [0.1, 0.15) is 101 Å². The summed E-state index contributed by atoms with van der Waals surface area (Å²) in [5.41, 5.74) is 18.8. The van der Waals surface area contributed by atoms with Crippen molar-refractivity contribution in [3.63, 3.8) is 0 Å². The number of aromatic nitrogens is 7. The number of anilines is 3. The van der Waals surface area contributed by atoms with Crippen LogP contribution in [-0.2, 0) is 79.3 Å². The molecule has 0 bridgehead atoms. The summed E-state index contributed by atoms with van der Waals surface area (Å²) in [5, 5.41) is 8.43. The van der Waals surface area contributed by atoms with Gasteiger partial charge in [0.25, 0.3) is 12.0 Å². The Labute approximate surface area is 946 Å². The molecule has 0 atom stereocenters. The molecule has 7 aromatic heterocycles. The molecule has 26 nitrogen and oxygen atoms in total. The first-order valence-corrected chi connectivity index (χ1v) is 46.5. The molecule has 14 heterocycles. The van der Waals surface area contributed by atoms with Crippen molar-refractivity contribution in [3.05, 3.63) is 389 Å². The zero-order valence-corrected chi connectivity index (χ0v) is 93.9. The van der Waals surface area contributed by atoms with Gasteiger partial charge >= 0.3 is 145 Å². The van der Waals surface area contributed by atoms with Crippen LogP contribution in [0.4, 0.5) is 30.6 Å². The molecule has 1 N–H and O–H groups in total. The summed E-state index contributed by atoms with van der Waals surface area (Å²) in [6, 6.07) is 76.5. The number of carbonyl (C=O) groups is 1. The topological polar surface area (TPSA) is 289 Å². The van der Waals surface area contributed by atoms with Crippen molar-refractivity contribution in [2.75, 3.05) is 93.6 Å². The molecule has 34 heteroatoms. The first-order valence-electron chi connectivity index (χ1n) is 44.9. The van der Waals surface area contributed by atoms with Gasteiger partial charge < -0.3 is 73.7 Å². The van der Waals surface area contributed by atoms with Gasteiger partial charge in [-0.05, 0) is 188 Å². The van der Waals surface area contributed by atoms with Gasteiger partial charge in [0.2, 0.25) is 17.8 Å². The first kappa shape index (κ1) is 106. The minimum atomic E-state index is -0.564. The number of fused-ring (bicyclic) bond motifs is 3. The zero-order valence-electron chi connectivity index (χ0n) is 79.2. The van der Waals surface area contributed by atoms with Crippen LogP contribution in [0.5, 0.6) is 23.0 Å². The Morgan fingerprint density at radius 2 is 0.729 bits per heavy atom. The summed E-state index contributed by atoms with van der Waals surface area (Å²) < 4.78 is 95.9. The number of aliphatic imine (C=N–C) groups is 3. The van der Waals surface area contributed by atoms with Gasteiger partial charge in [-0.3, -0.25) is 24.6 Å². The van der Waals surface area contributed by atoms with E-state index < -0.39 is 17.8 Å². The molecular formula is C106H99BBr2Cs2F3N13O13. The number of benzene rings is 7. The number of halogens is 5. The third kappa shape index (κ3) is 27.6. The number of aromatic amines is 1. The van der Waals surface area contributed by atoms with Crippen LogP contribution in [-0.4, -0.2) is 156 Å². The molecule has 706 valence electrons. The molecule has 4 saturated heterocycles. The fraction of sp³-hybridized carbons (Fsp3) is 0.236. The van der Waals surface area contributed by atoms with E-state index in [0.29, 0.717) is 122 Å². The summed E-state index contributed by atoms with van der Waals surface area (Å²) in [6.45, 7) is 20.8. The number of pyridine rings is 7. The SMILES string of the molecule is CC1(C)OB(c2ccc3c(c2)C(c2ccnc(N4CCOCC4)c2)=NC3)OC1(C)C.Fc1nccc(OCc2ccccc2)c1-c1ccc2c(c1)C(c1ccnc(N3CCOCC3)c1)=NC2.Fc1nccc(OCc2ccccc2)c1-c1ccc2c(c1)C(c1ccnc(N3CCOCC3)c1)=NC2.Fc1nccc(OCc2ccccc2)c1Br.O=CO[O-].O=c1[nH]ccc(OCc2ccccc2)c1Br.[Cs+].[Cs+].[H-]. The van der Waals surface area contributed by atoms with E-state index in [1.54, 1.807) is 30.5 Å². The summed E-state index contributed by atoms with van der Waals surface area (Å²) in [6.07, 6.45) is 11.3. The van der Waals surface area contributed by atoms with Gasteiger partial charge in [-0.1, -0.05) is 164 Å². The number of morpholine rings is 3. The van der Waals surface area contributed by atoms with E-state index in [1.807, 2.05) is 195 Å². The van der Waals surface area contributed by atoms with Gasteiger partial charge in [-0.15, -0.1) is 0 Å². The van der Waals surface area contributed by atoms with Crippen LogP contribution in [0, 0.1) is 17.8 Å². The van der Waals surface area contributed by atoms with Gasteiger partial charge in [-0.2, -0.15) is 13.2 Å². The zero-order chi connectivity index (χ0) is 95.8. The Morgan fingerprint density at radius 1 is 0.407 bits per heavy atom. The molecule has 0 spiro atoms. The summed E-state index contributed by atoms with van der Waals surface area (Å²) in [4.78, 5) is 71.3. The van der Waals surface area contributed by atoms with Gasteiger partial charge in [0.15, 0.2) is 0 Å². The van der Waals surface area contributed by atoms with Crippen molar-refractivity contribution in [3.8, 4) is 45.3 Å². The average Bonchev–Trinajstić information content (AvgIpc) is 1.63. The van der Waals surface area contributed by atoms with Crippen molar-refractivity contribution in [1.29, 1.82) is 0 Å². The van der Waals surface area contributed by atoms with Gasteiger partial charge in [0.1, 0.15) is 75.8 Å². The van der Waals surface area contributed by atoms with Crippen LogP contribution in [0.25, 0.3) is 22.3 Å². The molecule has 0 unspecified atom stereocenters. The third-order valence-electron chi connectivity index (χ3n) is 23.9. The van der Waals surface area contributed by atoms with Gasteiger partial charge in [0, 0.05) is 116 Å². The van der Waals surface area contributed by atoms with Gasteiger partial charge in [0.05, 0.1) is 98.7 Å². The monoisotopic (exact) mass is 2250 g/mol. The standard InChI is InChI=1S/2C29H25FN4O2.C23H28BN3O3.C12H9BrFNO.C12H10BrNO2.CH2O3.2Cs.H/c2*30-29-27(25(9-11-32-29)36-19-20-4-2-1-3-5-20)21-6-7-23-18-33-28(24(23)16-21)22-8-10-31-26(17-22)34-12-14-35-15-13-34;1-22(2)23(3,4)30-24(29-22)18-6-5-17-15-26-21(19(17)14-18)16-7-8-25-20(13-16)27-9-11-28-12-10-27;13-11-10(6-7-15-12(11)14)16-8-9-4-2-1-3-5-9;13-11-10(6-7-14-12(11)15)16-8-9-4-2-1-3-5-9;2-1-4-3;;;/h2*1-11,16-17H,12-15,18-19H2;5-8,13-14H,9-12,15H2,1-4H3;1-7H,8H2;1-7H,8H2,(H,14,15);1,3H;;;/q;;;;;;2*+1;-1/p-1. The molecule has 21 rings (SSSR count). The van der Waals surface area contributed by atoms with E-state index in [0.717, 1.165) is 159 Å². The van der Waals surface area contributed by atoms with Crippen LogP contribution in [0.3, 0.4) is 0 Å².